The first-order valence-electron chi connectivity index (χ1n) is 54.2. The van der Waals surface area contributed by atoms with Gasteiger partial charge in [0.05, 0.1) is 0 Å². The Morgan fingerprint density at radius 2 is 0.295 bits per heavy atom. The van der Waals surface area contributed by atoms with Gasteiger partial charge in [-0.3, -0.25) is 0 Å². The third kappa shape index (κ3) is 31.1. The van der Waals surface area contributed by atoms with Crippen LogP contribution in [0.15, 0.2) is 388 Å². The normalized spacial score (nSPS) is 9.92. The Morgan fingerprint density at radius 3 is 0.699 bits per heavy atom. The predicted molar refractivity (Wildman–Crippen MR) is 670 cm³/mol. The van der Waals surface area contributed by atoms with Crippen LogP contribution in [-0.2, 0) is 0 Å². The van der Waals surface area contributed by atoms with Crippen LogP contribution in [0.25, 0.3) is 151 Å². The van der Waals surface area contributed by atoms with Crippen molar-refractivity contribution in [3.63, 3.8) is 0 Å². The SMILES string of the molecule is CC.CC.CC.CC.CC.CC.CC.CC.CC.Cc1c(C)c2ccccc2c2ccccc12.Cc1cc2cc3ccccc3cc2cc1C.Cc1cc2ccc3ccccc3c2cc1C.Cc1cc2ccccc2cc1C.Cc1ccc2c(ccc3ccccc32)c1C.Cc1ccc2cc3ccccc3cc2c1C.Cc1ccc2ccc3ccccc3c2c1C.Cc1ccc2ccccc2c1C.Cc1ccccc1C. The molecule has 146 heavy (non-hydrogen) atoms. The van der Waals surface area contributed by atoms with Crippen molar-refractivity contribution in [2.45, 2.75) is 249 Å². The lowest BCUT2D eigenvalue weighted by Gasteiger charge is -2.11. The second-order valence-corrected chi connectivity index (χ2v) is 35.1. The Labute approximate surface area is 882 Å². The molecule has 0 unspecified atom stereocenters. The standard InChI is InChI=1S/6C16H14.2C12H12.C8H10.9C2H6/c1-11-12(2)14-8-4-6-10-16(14)15-9-5-3-7-13(11)15;1-11-7-15-9-13-5-3-4-6-14(13)10-16(15)8-12(11)2;1-11-7-9-16-14(12(11)2)10-8-13-5-3-4-6-15(13)16;1-11-9-14-8-7-13-5-3-4-6-15(13)16(14)10-12(11)2;1-11-7-8-15-9-13-5-3-4-6-14(13)10-16(15)12(11)2;1-11-7-8-14-10-9-13-5-3-4-6-15(13)16(14)12(11)2;1-9-7-11-5-3-4-6-12(11)8-10(9)2;1-9-7-8-11-5-3-4-6-12(11)10(9)2;1-7-5-3-4-6-8(7)2;9*1-2/h6*3-10H,1-2H3;2*3-8H,1-2H3;3-6H,1-2H3;9*1-2H3. The lowest BCUT2D eigenvalue weighted by atomic mass is 9.93. The van der Waals surface area contributed by atoms with Crippen molar-refractivity contribution in [1.82, 2.24) is 0 Å². The van der Waals surface area contributed by atoms with Crippen LogP contribution in [-0.4, -0.2) is 0 Å². The fourth-order valence-corrected chi connectivity index (χ4v) is 17.7. The maximum atomic E-state index is 2.30. The second kappa shape index (κ2) is 62.4. The van der Waals surface area contributed by atoms with E-state index in [-0.39, 0.29) is 0 Å². The minimum atomic E-state index is 1.32. The molecule has 0 bridgehead atoms. The molecule has 0 N–H and O–H groups in total. The third-order valence-electron chi connectivity index (χ3n) is 26.8. The van der Waals surface area contributed by atoms with Crippen molar-refractivity contribution in [2.24, 2.45) is 0 Å². The molecule has 0 radical (unpaired) electrons. The van der Waals surface area contributed by atoms with E-state index in [1.807, 2.05) is 125 Å². The first-order chi connectivity index (χ1) is 70.9. The summed E-state index contributed by atoms with van der Waals surface area (Å²) >= 11 is 0. The average Bonchev–Trinajstić information content (AvgIpc) is 0.758. The molecule has 0 fully saturated rings. The Morgan fingerprint density at radius 1 is 0.0890 bits per heavy atom. The third-order valence-corrected chi connectivity index (χ3v) is 26.8. The van der Waals surface area contributed by atoms with Gasteiger partial charge in [-0.25, -0.2) is 0 Å². The van der Waals surface area contributed by atoms with Crippen molar-refractivity contribution < 1.29 is 0 Å². The van der Waals surface area contributed by atoms with Gasteiger partial charge in [0.1, 0.15) is 0 Å². The molecule has 756 valence electrons. The fourth-order valence-electron chi connectivity index (χ4n) is 17.7. The lowest BCUT2D eigenvalue weighted by molar-refractivity contribution is 1.34. The summed E-state index contributed by atoms with van der Waals surface area (Å²) in [6.45, 7) is 75.1. The van der Waals surface area contributed by atoms with Crippen LogP contribution in [0.2, 0.25) is 0 Å². The van der Waals surface area contributed by atoms with E-state index in [9.17, 15) is 0 Å². The highest BCUT2D eigenvalue weighted by Crippen LogP contribution is 2.36. The summed E-state index contributed by atoms with van der Waals surface area (Å²) in [4.78, 5) is 0. The number of fused-ring (bicyclic) bond motifs is 18. The van der Waals surface area contributed by atoms with Gasteiger partial charge < -0.3 is 0 Å². The maximum absolute atomic E-state index is 2.30. The summed E-state index contributed by atoms with van der Waals surface area (Å²) in [5, 5.41) is 37.7. The summed E-state index contributed by atoms with van der Waals surface area (Å²) in [6.07, 6.45) is 0. The lowest BCUT2D eigenvalue weighted by Crippen LogP contribution is -1.87. The van der Waals surface area contributed by atoms with Crippen LogP contribution >= 0.6 is 0 Å². The quantitative estimate of drug-likeness (QED) is 0.105. The molecule has 0 aromatic heterocycles. The minimum absolute atomic E-state index is 1.32. The molecule has 23 aromatic carbocycles. The van der Waals surface area contributed by atoms with Crippen LogP contribution in [0.5, 0.6) is 0 Å². The summed E-state index contributed by atoms with van der Waals surface area (Å²) in [6, 6.07) is 139. The van der Waals surface area contributed by atoms with Gasteiger partial charge in [-0.2, -0.15) is 0 Å². The zero-order valence-electron chi connectivity index (χ0n) is 96.0. The Balaban J connectivity index is 0.000000247. The van der Waals surface area contributed by atoms with Crippen molar-refractivity contribution in [3.05, 3.63) is 488 Å². The van der Waals surface area contributed by atoms with Crippen molar-refractivity contribution in [2.75, 3.05) is 0 Å². The molecule has 23 aromatic rings. The zero-order valence-corrected chi connectivity index (χ0v) is 96.0. The summed E-state index contributed by atoms with van der Waals surface area (Å²) < 4.78 is 0. The molecule has 0 amide bonds. The van der Waals surface area contributed by atoms with E-state index in [4.69, 9.17) is 0 Å². The number of hydrogen-bond donors (Lipinski definition) is 0. The highest BCUT2D eigenvalue weighted by Gasteiger charge is 2.12. The number of aryl methyl sites for hydroxylation is 18. The smallest absolute Gasteiger partial charge is 0.00735 e. The molecule has 0 spiro atoms. The average molecular weight is 1930 g/mol. The maximum Gasteiger partial charge on any atom is -0.00735 e. The van der Waals surface area contributed by atoms with E-state index < -0.39 is 0 Å². The number of rotatable bonds is 0. The molecule has 0 aliphatic rings. The molecular formula is C146H172. The topological polar surface area (TPSA) is 0 Å². The highest BCUT2D eigenvalue weighted by molar-refractivity contribution is 6.13. The Kier molecular flexibility index (Phi) is 51.5. The van der Waals surface area contributed by atoms with Crippen LogP contribution in [0.1, 0.15) is 225 Å². The van der Waals surface area contributed by atoms with E-state index in [0.717, 1.165) is 0 Å². The molecule has 0 saturated carbocycles. The molecule has 0 saturated heterocycles. The second-order valence-electron chi connectivity index (χ2n) is 35.1. The van der Waals surface area contributed by atoms with Crippen molar-refractivity contribution >= 4 is 151 Å². The van der Waals surface area contributed by atoms with Crippen LogP contribution in [0, 0.1) is 125 Å². The zero-order chi connectivity index (χ0) is 108. The molecule has 0 aliphatic heterocycles. The van der Waals surface area contributed by atoms with Gasteiger partial charge in [0, 0.05) is 0 Å². The molecule has 0 atom stereocenters. The van der Waals surface area contributed by atoms with Gasteiger partial charge in [-0.1, -0.05) is 489 Å². The molecule has 0 nitrogen and oxygen atoms in total. The van der Waals surface area contributed by atoms with Crippen LogP contribution in [0.3, 0.4) is 0 Å². The molecular weight excluding hydrogens is 1750 g/mol. The Bertz CT molecular complexity index is 7700. The largest absolute Gasteiger partial charge is 0.0683 e. The van der Waals surface area contributed by atoms with Crippen molar-refractivity contribution in [1.29, 1.82) is 0 Å². The predicted octanol–water partition coefficient (Wildman–Crippen LogP) is 46.1. The minimum Gasteiger partial charge on any atom is -0.0683 e. The summed E-state index contributed by atoms with van der Waals surface area (Å²) in [5.74, 6) is 0. The molecule has 0 aliphatic carbocycles. The summed E-state index contributed by atoms with van der Waals surface area (Å²) in [7, 11) is 0. The van der Waals surface area contributed by atoms with E-state index in [1.165, 1.54) is 251 Å². The van der Waals surface area contributed by atoms with Gasteiger partial charge in [0.25, 0.3) is 0 Å². The van der Waals surface area contributed by atoms with E-state index in [0.29, 0.717) is 0 Å². The van der Waals surface area contributed by atoms with Gasteiger partial charge in [0.15, 0.2) is 0 Å². The molecule has 23 rings (SSSR count). The molecule has 0 heteroatoms. The Hall–Kier alpha value is -14.3. The fraction of sp³-hybridized carbons (Fsp3) is 0.247. The van der Waals surface area contributed by atoms with Gasteiger partial charge >= 0.3 is 0 Å². The van der Waals surface area contributed by atoms with E-state index in [2.05, 4.69) is 513 Å². The van der Waals surface area contributed by atoms with Gasteiger partial charge in [0.2, 0.25) is 0 Å². The van der Waals surface area contributed by atoms with E-state index in [1.54, 1.807) is 0 Å². The van der Waals surface area contributed by atoms with Crippen LogP contribution < -0.4 is 0 Å². The number of benzene rings is 23. The summed E-state index contributed by atoms with van der Waals surface area (Å²) in [5.41, 5.74) is 24.8. The van der Waals surface area contributed by atoms with Gasteiger partial charge in [-0.15, -0.1) is 0 Å². The van der Waals surface area contributed by atoms with E-state index >= 15 is 0 Å². The van der Waals surface area contributed by atoms with Crippen LogP contribution in [0.4, 0.5) is 0 Å². The first-order valence-corrected chi connectivity index (χ1v) is 54.2. The highest BCUT2D eigenvalue weighted by atomic mass is 14.2. The first kappa shape index (κ1) is 120. The monoisotopic (exact) mass is 1930 g/mol. The van der Waals surface area contributed by atoms with Crippen molar-refractivity contribution in [3.8, 4) is 0 Å². The molecule has 0 heterocycles. The number of hydrogen-bond acceptors (Lipinski definition) is 0. The van der Waals surface area contributed by atoms with Gasteiger partial charge in [-0.05, 0) is 400 Å².